The Hall–Kier alpha value is -0.120. The first-order valence-electron chi connectivity index (χ1n) is 11.1. The Balaban J connectivity index is 0.00000392. The van der Waals surface area contributed by atoms with Crippen LogP contribution in [0, 0.1) is 5.41 Å². The molecule has 7 heteroatoms. The lowest BCUT2D eigenvalue weighted by atomic mass is 9.83. The summed E-state index contributed by atoms with van der Waals surface area (Å²) in [6, 6.07) is 0.586. The lowest BCUT2D eigenvalue weighted by Crippen LogP contribution is -2.46. The van der Waals surface area contributed by atoms with Gasteiger partial charge < -0.3 is 20.1 Å². The van der Waals surface area contributed by atoms with Gasteiger partial charge in [-0.15, -0.1) is 24.0 Å². The first-order chi connectivity index (χ1) is 13.2. The van der Waals surface area contributed by atoms with Gasteiger partial charge >= 0.3 is 0 Å². The molecular formula is C21H43IN4O2. The highest BCUT2D eigenvalue weighted by Crippen LogP contribution is 2.41. The molecule has 2 N–H and O–H groups in total. The SMILES string of the molecule is CCNC(=NCC1(CCOCC)CCCC1)NCC1CCCN1CCOC.I. The van der Waals surface area contributed by atoms with Crippen molar-refractivity contribution in [2.45, 2.75) is 64.8 Å². The first kappa shape index (κ1) is 25.9. The number of rotatable bonds is 12. The number of hydrogen-bond acceptors (Lipinski definition) is 4. The van der Waals surface area contributed by atoms with Crippen molar-refractivity contribution in [3.05, 3.63) is 0 Å². The number of aliphatic imine (C=N–C) groups is 1. The van der Waals surface area contributed by atoms with Crippen LogP contribution in [-0.4, -0.2) is 76.6 Å². The second-order valence-electron chi connectivity index (χ2n) is 8.05. The monoisotopic (exact) mass is 510 g/mol. The molecule has 1 saturated heterocycles. The molecule has 1 aliphatic carbocycles. The smallest absolute Gasteiger partial charge is 0.191 e. The molecule has 0 spiro atoms. The van der Waals surface area contributed by atoms with Crippen LogP contribution in [0.5, 0.6) is 0 Å². The Bertz CT molecular complexity index is 431. The quantitative estimate of drug-likeness (QED) is 0.183. The molecule has 2 rings (SSSR count). The predicted octanol–water partition coefficient (Wildman–Crippen LogP) is 3.26. The van der Waals surface area contributed by atoms with E-state index in [9.17, 15) is 0 Å². The molecule has 166 valence electrons. The van der Waals surface area contributed by atoms with Gasteiger partial charge in [0.25, 0.3) is 0 Å². The lowest BCUT2D eigenvalue weighted by Gasteiger charge is -2.28. The molecule has 1 saturated carbocycles. The third-order valence-corrected chi connectivity index (χ3v) is 6.15. The summed E-state index contributed by atoms with van der Waals surface area (Å²) in [4.78, 5) is 7.53. The van der Waals surface area contributed by atoms with E-state index < -0.39 is 0 Å². The highest BCUT2D eigenvalue weighted by molar-refractivity contribution is 14.0. The molecule has 1 unspecified atom stereocenters. The van der Waals surface area contributed by atoms with Crippen LogP contribution < -0.4 is 10.6 Å². The molecule has 0 amide bonds. The highest BCUT2D eigenvalue weighted by Gasteiger charge is 2.33. The molecule has 0 aromatic rings. The average Bonchev–Trinajstić information content (AvgIpc) is 3.32. The topological polar surface area (TPSA) is 58.1 Å². The predicted molar refractivity (Wildman–Crippen MR) is 128 cm³/mol. The van der Waals surface area contributed by atoms with Gasteiger partial charge in [0.05, 0.1) is 6.61 Å². The zero-order valence-corrected chi connectivity index (χ0v) is 20.6. The van der Waals surface area contributed by atoms with Crippen LogP contribution in [0.2, 0.25) is 0 Å². The third kappa shape index (κ3) is 8.71. The van der Waals surface area contributed by atoms with Gasteiger partial charge in [-0.1, -0.05) is 12.8 Å². The van der Waals surface area contributed by atoms with E-state index in [0.717, 1.165) is 58.4 Å². The first-order valence-corrected chi connectivity index (χ1v) is 11.1. The summed E-state index contributed by atoms with van der Waals surface area (Å²) in [6.07, 6.45) is 8.92. The number of halogens is 1. The number of guanidine groups is 1. The largest absolute Gasteiger partial charge is 0.383 e. The summed E-state index contributed by atoms with van der Waals surface area (Å²) in [5.74, 6) is 0.971. The van der Waals surface area contributed by atoms with Crippen molar-refractivity contribution in [1.82, 2.24) is 15.5 Å². The van der Waals surface area contributed by atoms with Crippen LogP contribution in [-0.2, 0) is 9.47 Å². The van der Waals surface area contributed by atoms with Gasteiger partial charge in [0.15, 0.2) is 5.96 Å². The van der Waals surface area contributed by atoms with Crippen LogP contribution in [0.4, 0.5) is 0 Å². The van der Waals surface area contributed by atoms with Crippen molar-refractivity contribution in [1.29, 1.82) is 0 Å². The van der Waals surface area contributed by atoms with Gasteiger partial charge in [0, 0.05) is 52.5 Å². The fraction of sp³-hybridized carbons (Fsp3) is 0.952. The molecule has 1 atom stereocenters. The van der Waals surface area contributed by atoms with E-state index in [0.29, 0.717) is 11.5 Å². The Morgan fingerprint density at radius 1 is 1.14 bits per heavy atom. The molecule has 2 fully saturated rings. The second kappa shape index (κ2) is 14.8. The summed E-state index contributed by atoms with van der Waals surface area (Å²) in [6.45, 7) is 11.7. The molecule has 1 aliphatic heterocycles. The maximum atomic E-state index is 5.64. The lowest BCUT2D eigenvalue weighted by molar-refractivity contribution is 0.107. The van der Waals surface area contributed by atoms with E-state index in [1.165, 1.54) is 45.1 Å². The molecule has 1 heterocycles. The molecule has 28 heavy (non-hydrogen) atoms. The summed E-state index contributed by atoms with van der Waals surface area (Å²) >= 11 is 0. The fourth-order valence-corrected chi connectivity index (χ4v) is 4.48. The molecule has 6 nitrogen and oxygen atoms in total. The van der Waals surface area contributed by atoms with Gasteiger partial charge in [-0.25, -0.2) is 0 Å². The normalized spacial score (nSPS) is 22.2. The van der Waals surface area contributed by atoms with Gasteiger partial charge in [-0.3, -0.25) is 9.89 Å². The summed E-state index contributed by atoms with van der Waals surface area (Å²) < 4.78 is 10.9. The van der Waals surface area contributed by atoms with Crippen LogP contribution in [0.1, 0.15) is 58.8 Å². The third-order valence-electron chi connectivity index (χ3n) is 6.15. The summed E-state index contributed by atoms with van der Waals surface area (Å²) in [5.41, 5.74) is 0.343. The minimum absolute atomic E-state index is 0. The minimum atomic E-state index is 0. The van der Waals surface area contributed by atoms with Crippen molar-refractivity contribution in [3.8, 4) is 0 Å². The Morgan fingerprint density at radius 2 is 1.93 bits per heavy atom. The van der Waals surface area contributed by atoms with E-state index in [2.05, 4.69) is 29.4 Å². The Kier molecular flexibility index (Phi) is 13.7. The number of hydrogen-bond donors (Lipinski definition) is 2. The molecule has 2 aliphatic rings. The van der Waals surface area contributed by atoms with Crippen LogP contribution in [0.25, 0.3) is 0 Å². The van der Waals surface area contributed by atoms with E-state index in [1.54, 1.807) is 7.11 Å². The van der Waals surface area contributed by atoms with Gasteiger partial charge in [-0.2, -0.15) is 0 Å². The Morgan fingerprint density at radius 3 is 2.61 bits per heavy atom. The van der Waals surface area contributed by atoms with Gasteiger partial charge in [0.2, 0.25) is 0 Å². The fourth-order valence-electron chi connectivity index (χ4n) is 4.48. The minimum Gasteiger partial charge on any atom is -0.383 e. The van der Waals surface area contributed by atoms with Crippen molar-refractivity contribution in [2.75, 3.05) is 59.7 Å². The maximum Gasteiger partial charge on any atom is 0.191 e. The molecule has 0 aromatic heterocycles. The van der Waals surface area contributed by atoms with Crippen LogP contribution in [0.15, 0.2) is 4.99 Å². The van der Waals surface area contributed by atoms with Crippen molar-refractivity contribution >= 4 is 29.9 Å². The second-order valence-corrected chi connectivity index (χ2v) is 8.05. The highest BCUT2D eigenvalue weighted by atomic mass is 127. The summed E-state index contributed by atoms with van der Waals surface area (Å²) in [7, 11) is 1.78. The van der Waals surface area contributed by atoms with E-state index in [1.807, 2.05) is 0 Å². The summed E-state index contributed by atoms with van der Waals surface area (Å²) in [5, 5.41) is 7.04. The van der Waals surface area contributed by atoms with Crippen molar-refractivity contribution in [3.63, 3.8) is 0 Å². The standard InChI is InChI=1S/C21H42N4O2.HI/c1-4-22-20(23-17-19-9-8-13-25(19)14-16-26-3)24-18-21(10-6-7-11-21)12-15-27-5-2;/h19H,4-18H2,1-3H3,(H2,22,23,24);1H. The zero-order chi connectivity index (χ0) is 19.4. The van der Waals surface area contributed by atoms with Crippen molar-refractivity contribution in [2.24, 2.45) is 10.4 Å². The molecule has 0 bridgehead atoms. The zero-order valence-electron chi connectivity index (χ0n) is 18.3. The van der Waals surface area contributed by atoms with E-state index in [-0.39, 0.29) is 24.0 Å². The van der Waals surface area contributed by atoms with Gasteiger partial charge in [0.1, 0.15) is 0 Å². The Labute approximate surface area is 189 Å². The van der Waals surface area contributed by atoms with Crippen LogP contribution in [0.3, 0.4) is 0 Å². The molecular weight excluding hydrogens is 467 g/mol. The van der Waals surface area contributed by atoms with Gasteiger partial charge in [-0.05, 0) is 57.9 Å². The van der Waals surface area contributed by atoms with E-state index >= 15 is 0 Å². The number of nitrogens with one attached hydrogen (secondary N) is 2. The number of ether oxygens (including phenoxy) is 2. The average molecular weight is 511 g/mol. The number of methoxy groups -OCH3 is 1. The van der Waals surface area contributed by atoms with Crippen LogP contribution >= 0.6 is 24.0 Å². The number of likely N-dealkylation sites (tertiary alicyclic amines) is 1. The maximum absolute atomic E-state index is 5.64. The molecule has 0 aromatic carbocycles. The van der Waals surface area contributed by atoms with Crippen molar-refractivity contribution < 1.29 is 9.47 Å². The number of nitrogens with zero attached hydrogens (tertiary/aromatic N) is 2. The molecule has 0 radical (unpaired) electrons. The van der Waals surface area contributed by atoms with E-state index in [4.69, 9.17) is 14.5 Å².